The minimum absolute atomic E-state index is 0.144. The number of hydrogen-bond donors (Lipinski definition) is 1. The van der Waals surface area contributed by atoms with Gasteiger partial charge in [-0.25, -0.2) is 9.80 Å². The average molecular weight is 403 g/mol. The van der Waals surface area contributed by atoms with Gasteiger partial charge in [-0.3, -0.25) is 4.98 Å². The number of urea groups is 1. The molecular weight excluding hydrogens is 384 g/mol. The van der Waals surface area contributed by atoms with Crippen LogP contribution < -0.4 is 5.32 Å². The van der Waals surface area contributed by atoms with Crippen molar-refractivity contribution in [2.24, 2.45) is 11.0 Å². The second kappa shape index (κ2) is 7.33. The highest BCUT2D eigenvalue weighted by Gasteiger charge is 2.44. The van der Waals surface area contributed by atoms with Crippen molar-refractivity contribution in [3.63, 3.8) is 0 Å². The van der Waals surface area contributed by atoms with E-state index >= 15 is 0 Å². The molecule has 144 valence electrons. The lowest BCUT2D eigenvalue weighted by Gasteiger charge is -2.29. The quantitative estimate of drug-likeness (QED) is 0.633. The van der Waals surface area contributed by atoms with E-state index in [9.17, 15) is 4.79 Å². The van der Waals surface area contributed by atoms with Crippen LogP contribution in [0, 0.1) is 5.92 Å². The van der Waals surface area contributed by atoms with Crippen molar-refractivity contribution < 1.29 is 4.79 Å². The number of benzene rings is 2. The Morgan fingerprint density at radius 2 is 1.90 bits per heavy atom. The van der Waals surface area contributed by atoms with Crippen LogP contribution in [0.4, 0.5) is 10.5 Å². The fourth-order valence-electron chi connectivity index (χ4n) is 4.23. The average Bonchev–Trinajstić information content (AvgIpc) is 3.16. The molecule has 5 nitrogen and oxygen atoms in total. The van der Waals surface area contributed by atoms with Gasteiger partial charge in [0.1, 0.15) is 0 Å². The molecule has 1 aliphatic carbocycles. The molecule has 5 rings (SSSR count). The fourth-order valence-corrected chi connectivity index (χ4v) is 4.36. The van der Waals surface area contributed by atoms with E-state index in [4.69, 9.17) is 16.7 Å². The molecule has 2 atom stereocenters. The molecule has 1 aliphatic heterocycles. The van der Waals surface area contributed by atoms with Gasteiger partial charge in [-0.2, -0.15) is 5.10 Å². The number of anilines is 1. The summed E-state index contributed by atoms with van der Waals surface area (Å²) in [6.07, 6.45) is 5.49. The van der Waals surface area contributed by atoms with Crippen LogP contribution in [-0.2, 0) is 6.42 Å². The number of halogens is 1. The van der Waals surface area contributed by atoms with Crippen molar-refractivity contribution in [2.75, 3.05) is 5.32 Å². The fraction of sp³-hybridized carbons (Fsp3) is 0.174. The Kier molecular flexibility index (Phi) is 4.52. The third kappa shape index (κ3) is 3.28. The highest BCUT2D eigenvalue weighted by molar-refractivity contribution is 6.30. The van der Waals surface area contributed by atoms with E-state index in [-0.39, 0.29) is 18.0 Å². The van der Waals surface area contributed by atoms with Crippen LogP contribution in [0.2, 0.25) is 5.02 Å². The maximum Gasteiger partial charge on any atom is 0.342 e. The van der Waals surface area contributed by atoms with Gasteiger partial charge in [0.25, 0.3) is 0 Å². The number of rotatable bonds is 2. The monoisotopic (exact) mass is 402 g/mol. The zero-order chi connectivity index (χ0) is 19.8. The first kappa shape index (κ1) is 17.9. The van der Waals surface area contributed by atoms with Crippen LogP contribution in [-0.4, -0.2) is 21.7 Å². The molecule has 1 N–H and O–H groups in total. The Hall–Kier alpha value is -3.18. The normalized spacial score (nSPS) is 19.9. The zero-order valence-corrected chi connectivity index (χ0v) is 16.4. The van der Waals surface area contributed by atoms with Gasteiger partial charge in [0.2, 0.25) is 0 Å². The summed E-state index contributed by atoms with van der Waals surface area (Å²) in [5, 5.41) is 9.95. The van der Waals surface area contributed by atoms with Crippen molar-refractivity contribution in [3.8, 4) is 0 Å². The second-order valence-corrected chi connectivity index (χ2v) is 7.74. The van der Waals surface area contributed by atoms with Crippen LogP contribution in [0.25, 0.3) is 0 Å². The van der Waals surface area contributed by atoms with Crippen LogP contribution in [0.5, 0.6) is 0 Å². The molecule has 2 amide bonds. The van der Waals surface area contributed by atoms with Gasteiger partial charge < -0.3 is 5.32 Å². The predicted octanol–water partition coefficient (Wildman–Crippen LogP) is 5.29. The van der Waals surface area contributed by atoms with Crippen LogP contribution >= 0.6 is 11.6 Å². The predicted molar refractivity (Wildman–Crippen MR) is 114 cm³/mol. The minimum Gasteiger partial charge on any atom is -0.306 e. The van der Waals surface area contributed by atoms with E-state index in [2.05, 4.69) is 28.5 Å². The number of hydrogen-bond acceptors (Lipinski definition) is 3. The first-order valence-electron chi connectivity index (χ1n) is 9.63. The van der Waals surface area contributed by atoms with Crippen molar-refractivity contribution >= 4 is 29.0 Å². The first-order valence-corrected chi connectivity index (χ1v) is 10.0. The molecule has 0 saturated carbocycles. The number of pyridine rings is 1. The summed E-state index contributed by atoms with van der Waals surface area (Å²) in [6, 6.07) is 18.9. The van der Waals surface area contributed by atoms with Crippen molar-refractivity contribution in [3.05, 3.63) is 94.8 Å². The molecule has 2 aliphatic rings. The topological polar surface area (TPSA) is 57.6 Å². The van der Waals surface area contributed by atoms with Crippen molar-refractivity contribution in [1.82, 2.24) is 9.99 Å². The molecule has 2 aromatic carbocycles. The maximum atomic E-state index is 13.2. The molecule has 0 radical (unpaired) electrons. The molecule has 2 heterocycles. The summed E-state index contributed by atoms with van der Waals surface area (Å²) >= 11 is 5.96. The zero-order valence-electron chi connectivity index (χ0n) is 15.6. The number of nitrogens with one attached hydrogen (secondary N) is 1. The van der Waals surface area contributed by atoms with Gasteiger partial charge in [-0.05, 0) is 54.3 Å². The van der Waals surface area contributed by atoms with E-state index in [1.165, 1.54) is 5.56 Å². The molecule has 6 heteroatoms. The van der Waals surface area contributed by atoms with E-state index in [0.717, 1.165) is 29.7 Å². The summed E-state index contributed by atoms with van der Waals surface area (Å²) in [4.78, 5) is 17.5. The van der Waals surface area contributed by atoms with E-state index < -0.39 is 0 Å². The first-order chi connectivity index (χ1) is 14.2. The molecule has 0 saturated heterocycles. The summed E-state index contributed by atoms with van der Waals surface area (Å²) in [5.74, 6) is 0.144. The van der Waals surface area contributed by atoms with Gasteiger partial charge >= 0.3 is 6.03 Å². The lowest BCUT2D eigenvalue weighted by Crippen LogP contribution is -2.34. The summed E-state index contributed by atoms with van der Waals surface area (Å²) < 4.78 is 0. The summed E-state index contributed by atoms with van der Waals surface area (Å²) in [5.41, 5.74) is 5.07. The maximum absolute atomic E-state index is 13.2. The lowest BCUT2D eigenvalue weighted by atomic mass is 9.77. The molecular formula is C23H19ClN4O. The SMILES string of the molecule is O=C(Nc1ccc(Cl)cc1)N1N=C2c3ccccc3CC[C@@H]2[C@H]1c1cccnc1. The molecule has 0 spiro atoms. The number of carbonyl (C=O) groups is 1. The number of fused-ring (bicyclic) bond motifs is 3. The van der Waals surface area contributed by atoms with E-state index in [1.807, 2.05) is 24.4 Å². The third-order valence-electron chi connectivity index (χ3n) is 5.56. The Morgan fingerprint density at radius 3 is 2.69 bits per heavy atom. The van der Waals surface area contributed by atoms with Crippen molar-refractivity contribution in [2.45, 2.75) is 18.9 Å². The Bertz CT molecular complexity index is 1080. The Morgan fingerprint density at radius 1 is 1.07 bits per heavy atom. The Balaban J connectivity index is 1.53. The smallest absolute Gasteiger partial charge is 0.306 e. The van der Waals surface area contributed by atoms with Crippen LogP contribution in [0.15, 0.2) is 78.2 Å². The van der Waals surface area contributed by atoms with Gasteiger partial charge in [0, 0.05) is 34.6 Å². The minimum atomic E-state index is -0.263. The standard InChI is InChI=1S/C23H19ClN4O/c24-17-8-10-18(11-9-17)26-23(29)28-22(16-5-3-13-25-14-16)20-12-7-15-4-1-2-6-19(15)21(20)27-28/h1-6,8-11,13-14,20,22H,7,12H2,(H,26,29)/t20-,22+/m0/s1. The third-order valence-corrected chi connectivity index (χ3v) is 5.81. The number of amides is 2. The van der Waals surface area contributed by atoms with Gasteiger partial charge in [-0.1, -0.05) is 41.9 Å². The molecule has 29 heavy (non-hydrogen) atoms. The Labute approximate surface area is 174 Å². The summed E-state index contributed by atoms with van der Waals surface area (Å²) in [6.45, 7) is 0. The van der Waals surface area contributed by atoms with Crippen LogP contribution in [0.1, 0.15) is 29.2 Å². The van der Waals surface area contributed by atoms with Crippen molar-refractivity contribution in [1.29, 1.82) is 0 Å². The number of carbonyl (C=O) groups excluding carboxylic acids is 1. The van der Waals surface area contributed by atoms with Gasteiger partial charge in [0.05, 0.1) is 11.8 Å². The highest BCUT2D eigenvalue weighted by atomic mass is 35.5. The second-order valence-electron chi connectivity index (χ2n) is 7.30. The molecule has 0 unspecified atom stereocenters. The van der Waals surface area contributed by atoms with Crippen LogP contribution in [0.3, 0.4) is 0 Å². The lowest BCUT2D eigenvalue weighted by molar-refractivity contribution is 0.188. The summed E-state index contributed by atoms with van der Waals surface area (Å²) in [7, 11) is 0. The van der Waals surface area contributed by atoms with E-state index in [1.54, 1.807) is 35.5 Å². The van der Waals surface area contributed by atoms with Gasteiger partial charge in [-0.15, -0.1) is 0 Å². The number of aromatic nitrogens is 1. The molecule has 3 aromatic rings. The molecule has 0 bridgehead atoms. The molecule has 1 aromatic heterocycles. The van der Waals surface area contributed by atoms with Gasteiger partial charge in [0.15, 0.2) is 0 Å². The highest BCUT2D eigenvalue weighted by Crippen LogP contribution is 2.43. The number of nitrogens with zero attached hydrogens (tertiary/aromatic N) is 3. The largest absolute Gasteiger partial charge is 0.342 e. The number of aryl methyl sites for hydroxylation is 1. The molecule has 0 fully saturated rings. The number of hydrazone groups is 1. The van der Waals surface area contributed by atoms with E-state index in [0.29, 0.717) is 10.7 Å².